The van der Waals surface area contributed by atoms with Crippen LogP contribution in [0.2, 0.25) is 0 Å². The van der Waals surface area contributed by atoms with E-state index in [9.17, 15) is 9.59 Å². The Hall–Kier alpha value is -3.22. The van der Waals surface area contributed by atoms with Crippen LogP contribution in [0.5, 0.6) is 0 Å². The van der Waals surface area contributed by atoms with E-state index < -0.39 is 12.2 Å². The van der Waals surface area contributed by atoms with Crippen molar-refractivity contribution in [2.24, 2.45) is 0 Å². The van der Waals surface area contributed by atoms with Gasteiger partial charge in [-0.15, -0.1) is 0 Å². The quantitative estimate of drug-likeness (QED) is 0.386. The van der Waals surface area contributed by atoms with E-state index in [-0.39, 0.29) is 11.5 Å². The first kappa shape index (κ1) is 19.1. The van der Waals surface area contributed by atoms with Crippen molar-refractivity contribution in [2.75, 3.05) is 6.61 Å². The van der Waals surface area contributed by atoms with Gasteiger partial charge in [-0.25, -0.2) is 10.3 Å². The van der Waals surface area contributed by atoms with Crippen LogP contribution in [0.25, 0.3) is 17.0 Å². The van der Waals surface area contributed by atoms with Crippen molar-refractivity contribution in [1.82, 2.24) is 5.48 Å². The lowest BCUT2D eigenvalue weighted by molar-refractivity contribution is -0.198. The number of ketones is 1. The molecule has 2 aromatic carbocycles. The van der Waals surface area contributed by atoms with Gasteiger partial charge in [0.15, 0.2) is 12.1 Å². The van der Waals surface area contributed by atoms with Gasteiger partial charge < -0.3 is 9.15 Å². The van der Waals surface area contributed by atoms with Crippen molar-refractivity contribution in [3.05, 3.63) is 77.6 Å². The SMILES string of the molecule is O=C(/C=C/c1cccc(C(=O)c2cc3ccccc3o2)c1)NOC1CCCCO1. The molecule has 2 heterocycles. The minimum atomic E-state index is -0.397. The molecule has 1 amide bonds. The van der Waals surface area contributed by atoms with Crippen LogP contribution in [-0.2, 0) is 14.4 Å². The van der Waals surface area contributed by atoms with Gasteiger partial charge >= 0.3 is 0 Å². The van der Waals surface area contributed by atoms with Gasteiger partial charge in [0, 0.05) is 30.1 Å². The van der Waals surface area contributed by atoms with E-state index in [4.69, 9.17) is 14.0 Å². The van der Waals surface area contributed by atoms with Crippen LogP contribution < -0.4 is 5.48 Å². The van der Waals surface area contributed by atoms with Gasteiger partial charge in [-0.05, 0) is 42.7 Å². The molecule has 1 atom stereocenters. The first-order valence-electron chi connectivity index (χ1n) is 9.58. The minimum absolute atomic E-state index is 0.210. The zero-order valence-electron chi connectivity index (χ0n) is 15.8. The van der Waals surface area contributed by atoms with Gasteiger partial charge in [0.25, 0.3) is 5.91 Å². The second-order valence-corrected chi connectivity index (χ2v) is 6.82. The van der Waals surface area contributed by atoms with E-state index in [1.807, 2.05) is 30.3 Å². The van der Waals surface area contributed by atoms with Crippen molar-refractivity contribution >= 4 is 28.7 Å². The van der Waals surface area contributed by atoms with Gasteiger partial charge in [0.1, 0.15) is 5.58 Å². The van der Waals surface area contributed by atoms with Gasteiger partial charge in [-0.1, -0.05) is 36.4 Å². The number of carbonyl (C=O) groups excluding carboxylic acids is 2. The Labute approximate surface area is 168 Å². The Bertz CT molecular complexity index is 1010. The van der Waals surface area contributed by atoms with Crippen LogP contribution in [-0.4, -0.2) is 24.6 Å². The average molecular weight is 391 g/mol. The molecule has 1 fully saturated rings. The van der Waals surface area contributed by atoms with Crippen molar-refractivity contribution in [1.29, 1.82) is 0 Å². The van der Waals surface area contributed by atoms with Crippen LogP contribution in [0.3, 0.4) is 0 Å². The highest BCUT2D eigenvalue weighted by Gasteiger charge is 2.16. The van der Waals surface area contributed by atoms with E-state index in [0.717, 1.165) is 30.2 Å². The number of ether oxygens (including phenoxy) is 1. The molecular formula is C23H21NO5. The fourth-order valence-corrected chi connectivity index (χ4v) is 3.15. The summed E-state index contributed by atoms with van der Waals surface area (Å²) in [6.07, 6.45) is 5.37. The fraction of sp³-hybridized carbons (Fsp3) is 0.217. The highest BCUT2D eigenvalue weighted by molar-refractivity contribution is 6.09. The molecule has 0 bridgehead atoms. The Morgan fingerprint density at radius 1 is 1.07 bits per heavy atom. The summed E-state index contributed by atoms with van der Waals surface area (Å²) in [7, 11) is 0. The van der Waals surface area contributed by atoms with Crippen LogP contribution in [0.4, 0.5) is 0 Å². The molecule has 3 aromatic rings. The standard InChI is InChI=1S/C23H21NO5/c25-21(24-29-22-10-3-4-13-27-22)12-11-16-6-5-8-18(14-16)23(26)20-15-17-7-1-2-9-19(17)28-20/h1-2,5-9,11-12,14-15,22H,3-4,10,13H2,(H,24,25)/b12-11+. The minimum Gasteiger partial charge on any atom is -0.453 e. The third-order valence-electron chi connectivity index (χ3n) is 4.65. The summed E-state index contributed by atoms with van der Waals surface area (Å²) in [5.74, 6) is -0.321. The lowest BCUT2D eigenvalue weighted by Crippen LogP contribution is -2.32. The number of hydrogen-bond acceptors (Lipinski definition) is 5. The van der Waals surface area contributed by atoms with E-state index in [0.29, 0.717) is 17.8 Å². The predicted molar refractivity (Wildman–Crippen MR) is 108 cm³/mol. The van der Waals surface area contributed by atoms with Crippen LogP contribution in [0, 0.1) is 0 Å². The molecule has 0 saturated carbocycles. The highest BCUT2D eigenvalue weighted by atomic mass is 16.8. The maximum absolute atomic E-state index is 12.8. The summed E-state index contributed by atoms with van der Waals surface area (Å²) in [5, 5.41) is 0.880. The molecule has 1 aliphatic heterocycles. The molecule has 29 heavy (non-hydrogen) atoms. The molecule has 1 unspecified atom stereocenters. The van der Waals surface area contributed by atoms with E-state index in [2.05, 4.69) is 5.48 Å². The lowest BCUT2D eigenvalue weighted by atomic mass is 10.1. The van der Waals surface area contributed by atoms with E-state index in [1.165, 1.54) is 6.08 Å². The summed E-state index contributed by atoms with van der Waals surface area (Å²) in [6.45, 7) is 0.641. The Morgan fingerprint density at radius 3 is 2.79 bits per heavy atom. The summed E-state index contributed by atoms with van der Waals surface area (Å²) in [6, 6.07) is 16.2. The molecule has 0 radical (unpaired) electrons. The van der Waals surface area contributed by atoms with E-state index in [1.54, 1.807) is 30.3 Å². The summed E-state index contributed by atoms with van der Waals surface area (Å²) >= 11 is 0. The maximum Gasteiger partial charge on any atom is 0.267 e. The van der Waals surface area contributed by atoms with Gasteiger partial charge in [0.2, 0.25) is 5.78 Å². The Balaban J connectivity index is 1.40. The van der Waals surface area contributed by atoms with Gasteiger partial charge in [0.05, 0.1) is 0 Å². The van der Waals surface area contributed by atoms with Crippen molar-refractivity contribution in [3.8, 4) is 0 Å². The van der Waals surface area contributed by atoms with Crippen LogP contribution >= 0.6 is 0 Å². The number of furan rings is 1. The summed E-state index contributed by atoms with van der Waals surface area (Å²) < 4.78 is 11.0. The molecule has 1 aromatic heterocycles. The monoisotopic (exact) mass is 391 g/mol. The van der Waals surface area contributed by atoms with Crippen molar-refractivity contribution in [2.45, 2.75) is 25.6 Å². The number of para-hydroxylation sites is 1. The third-order valence-corrected chi connectivity index (χ3v) is 4.65. The number of benzene rings is 2. The number of hydroxylamine groups is 1. The predicted octanol–water partition coefficient (Wildman–Crippen LogP) is 4.25. The second kappa shape index (κ2) is 8.86. The van der Waals surface area contributed by atoms with Gasteiger partial charge in [-0.2, -0.15) is 0 Å². The Morgan fingerprint density at radius 2 is 1.97 bits per heavy atom. The molecule has 1 aliphatic rings. The summed E-state index contributed by atoms with van der Waals surface area (Å²) in [4.78, 5) is 29.9. The van der Waals surface area contributed by atoms with Crippen LogP contribution in [0.1, 0.15) is 40.9 Å². The number of rotatable bonds is 6. The zero-order valence-corrected chi connectivity index (χ0v) is 15.8. The van der Waals surface area contributed by atoms with Crippen molar-refractivity contribution < 1.29 is 23.6 Å². The highest BCUT2D eigenvalue weighted by Crippen LogP contribution is 2.22. The zero-order chi connectivity index (χ0) is 20.1. The molecule has 4 rings (SSSR count). The number of carbonyl (C=O) groups is 2. The fourth-order valence-electron chi connectivity index (χ4n) is 3.15. The van der Waals surface area contributed by atoms with E-state index >= 15 is 0 Å². The molecule has 0 spiro atoms. The molecule has 0 aliphatic carbocycles. The molecule has 1 saturated heterocycles. The molecule has 6 nitrogen and oxygen atoms in total. The normalized spacial score (nSPS) is 16.9. The molecule has 148 valence electrons. The first-order valence-corrected chi connectivity index (χ1v) is 9.58. The van der Waals surface area contributed by atoms with Crippen molar-refractivity contribution in [3.63, 3.8) is 0 Å². The number of nitrogens with one attached hydrogen (secondary N) is 1. The topological polar surface area (TPSA) is 77.8 Å². The lowest BCUT2D eigenvalue weighted by Gasteiger charge is -2.21. The number of amides is 1. The third kappa shape index (κ3) is 4.80. The Kier molecular flexibility index (Phi) is 5.84. The number of hydrogen-bond donors (Lipinski definition) is 1. The smallest absolute Gasteiger partial charge is 0.267 e. The largest absolute Gasteiger partial charge is 0.453 e. The first-order chi connectivity index (χ1) is 14.2. The average Bonchev–Trinajstić information content (AvgIpc) is 3.21. The molecule has 1 N–H and O–H groups in total. The molecule has 6 heteroatoms. The second-order valence-electron chi connectivity index (χ2n) is 6.82. The van der Waals surface area contributed by atoms with Gasteiger partial charge in [-0.3, -0.25) is 9.59 Å². The van der Waals surface area contributed by atoms with Crippen LogP contribution in [0.15, 0.2) is 65.1 Å². The number of fused-ring (bicyclic) bond motifs is 1. The maximum atomic E-state index is 12.8. The summed E-state index contributed by atoms with van der Waals surface area (Å²) in [5.41, 5.74) is 4.24. The molecular weight excluding hydrogens is 370 g/mol.